The molecule has 0 aliphatic carbocycles. The predicted octanol–water partition coefficient (Wildman–Crippen LogP) is 2.23. The zero-order valence-corrected chi connectivity index (χ0v) is 11.8. The molecule has 1 N–H and O–H groups in total. The minimum Gasteiger partial charge on any atom is -0.481 e. The standard InChI is InChI=1S/C13H17ClN2O3/c1-3-4-10-7-9(8-11(14)15-10)13(19)16(2)6-5-12(17)18/h7-8H,3-6H2,1-2H3,(H,17,18). The highest BCUT2D eigenvalue weighted by Gasteiger charge is 2.14. The van der Waals surface area contributed by atoms with Crippen molar-refractivity contribution in [3.8, 4) is 0 Å². The van der Waals surface area contributed by atoms with Crippen molar-refractivity contribution in [2.45, 2.75) is 26.2 Å². The number of rotatable bonds is 6. The SMILES string of the molecule is CCCc1cc(C(=O)N(C)CCC(=O)O)cc(Cl)n1. The summed E-state index contributed by atoms with van der Waals surface area (Å²) in [4.78, 5) is 28.1. The number of nitrogens with zero attached hydrogens (tertiary/aromatic N) is 2. The molecule has 0 atom stereocenters. The van der Waals surface area contributed by atoms with Crippen LogP contribution in [0.4, 0.5) is 0 Å². The van der Waals surface area contributed by atoms with Gasteiger partial charge in [-0.2, -0.15) is 0 Å². The lowest BCUT2D eigenvalue weighted by atomic mass is 10.1. The van der Waals surface area contributed by atoms with Gasteiger partial charge in [-0.3, -0.25) is 9.59 Å². The Kier molecular flexibility index (Phi) is 5.76. The van der Waals surface area contributed by atoms with Crippen LogP contribution in [0.5, 0.6) is 0 Å². The zero-order valence-electron chi connectivity index (χ0n) is 11.0. The maximum Gasteiger partial charge on any atom is 0.305 e. The van der Waals surface area contributed by atoms with Gasteiger partial charge in [0.1, 0.15) is 5.15 Å². The second kappa shape index (κ2) is 7.09. The lowest BCUT2D eigenvalue weighted by molar-refractivity contribution is -0.137. The molecule has 104 valence electrons. The summed E-state index contributed by atoms with van der Waals surface area (Å²) in [6.07, 6.45) is 1.58. The Morgan fingerprint density at radius 1 is 1.42 bits per heavy atom. The van der Waals surface area contributed by atoms with Gasteiger partial charge in [0, 0.05) is 24.8 Å². The van der Waals surface area contributed by atoms with Gasteiger partial charge in [-0.1, -0.05) is 24.9 Å². The number of amides is 1. The van der Waals surface area contributed by atoms with Crippen LogP contribution in [0.15, 0.2) is 12.1 Å². The van der Waals surface area contributed by atoms with Crippen molar-refractivity contribution in [3.05, 3.63) is 28.5 Å². The number of aryl methyl sites for hydroxylation is 1. The number of carboxylic acids is 1. The van der Waals surface area contributed by atoms with E-state index < -0.39 is 5.97 Å². The van der Waals surface area contributed by atoms with Crippen molar-refractivity contribution in [2.24, 2.45) is 0 Å². The minimum atomic E-state index is -0.931. The number of carbonyl (C=O) groups is 2. The fraction of sp³-hybridized carbons (Fsp3) is 0.462. The molecule has 0 fully saturated rings. The van der Waals surface area contributed by atoms with Crippen molar-refractivity contribution in [3.63, 3.8) is 0 Å². The summed E-state index contributed by atoms with van der Waals surface area (Å²) in [5.41, 5.74) is 1.21. The van der Waals surface area contributed by atoms with E-state index in [-0.39, 0.29) is 24.0 Å². The molecular weight excluding hydrogens is 268 g/mol. The third kappa shape index (κ3) is 4.87. The van der Waals surface area contributed by atoms with Crippen LogP contribution < -0.4 is 0 Å². The number of halogens is 1. The van der Waals surface area contributed by atoms with Crippen LogP contribution in [0, 0.1) is 0 Å². The van der Waals surface area contributed by atoms with Crippen molar-refractivity contribution < 1.29 is 14.7 Å². The van der Waals surface area contributed by atoms with E-state index in [2.05, 4.69) is 4.98 Å². The van der Waals surface area contributed by atoms with Crippen LogP contribution in [-0.2, 0) is 11.2 Å². The quantitative estimate of drug-likeness (QED) is 0.813. The zero-order chi connectivity index (χ0) is 14.4. The first-order valence-electron chi connectivity index (χ1n) is 6.07. The van der Waals surface area contributed by atoms with E-state index in [1.54, 1.807) is 13.1 Å². The molecule has 0 aliphatic rings. The van der Waals surface area contributed by atoms with Gasteiger partial charge in [-0.15, -0.1) is 0 Å². The van der Waals surface area contributed by atoms with Gasteiger partial charge in [0.25, 0.3) is 5.91 Å². The molecular formula is C13H17ClN2O3. The highest BCUT2D eigenvalue weighted by molar-refractivity contribution is 6.29. The molecule has 1 heterocycles. The molecule has 1 amide bonds. The summed E-state index contributed by atoms with van der Waals surface area (Å²) in [6, 6.07) is 3.20. The minimum absolute atomic E-state index is 0.0805. The Balaban J connectivity index is 2.83. The van der Waals surface area contributed by atoms with Gasteiger partial charge < -0.3 is 10.0 Å². The van der Waals surface area contributed by atoms with Gasteiger partial charge in [0.05, 0.1) is 6.42 Å². The Labute approximate surface area is 117 Å². The number of carboxylic acid groups (broad SMARTS) is 1. The normalized spacial score (nSPS) is 10.3. The number of hydrogen-bond acceptors (Lipinski definition) is 3. The summed E-state index contributed by atoms with van der Waals surface area (Å²) in [5.74, 6) is -1.18. The molecule has 0 spiro atoms. The van der Waals surface area contributed by atoms with Gasteiger partial charge in [-0.25, -0.2) is 4.98 Å². The molecule has 19 heavy (non-hydrogen) atoms. The Bertz CT molecular complexity index is 477. The van der Waals surface area contributed by atoms with Crippen molar-refractivity contribution in [1.82, 2.24) is 9.88 Å². The fourth-order valence-electron chi connectivity index (χ4n) is 1.64. The summed E-state index contributed by atoms with van der Waals surface area (Å²) >= 11 is 5.89. The predicted molar refractivity (Wildman–Crippen MR) is 72.5 cm³/mol. The van der Waals surface area contributed by atoms with Crippen LogP contribution in [-0.4, -0.2) is 40.5 Å². The van der Waals surface area contributed by atoms with Gasteiger partial charge >= 0.3 is 5.97 Å². The molecule has 6 heteroatoms. The number of pyridine rings is 1. The molecule has 0 saturated carbocycles. The van der Waals surface area contributed by atoms with Gasteiger partial charge in [0.15, 0.2) is 0 Å². The van der Waals surface area contributed by atoms with E-state index in [1.165, 1.54) is 11.0 Å². The van der Waals surface area contributed by atoms with E-state index >= 15 is 0 Å². The summed E-state index contributed by atoms with van der Waals surface area (Å²) in [5, 5.41) is 8.88. The third-order valence-electron chi connectivity index (χ3n) is 2.61. The van der Waals surface area contributed by atoms with Crippen molar-refractivity contribution in [2.75, 3.05) is 13.6 Å². The maximum atomic E-state index is 12.1. The van der Waals surface area contributed by atoms with E-state index in [0.717, 1.165) is 18.5 Å². The fourth-order valence-corrected chi connectivity index (χ4v) is 1.87. The first-order chi connectivity index (χ1) is 8.93. The Morgan fingerprint density at radius 3 is 2.68 bits per heavy atom. The lowest BCUT2D eigenvalue weighted by Gasteiger charge is -2.16. The van der Waals surface area contributed by atoms with Crippen LogP contribution >= 0.6 is 11.6 Å². The molecule has 0 saturated heterocycles. The molecule has 0 aromatic carbocycles. The van der Waals surface area contributed by atoms with E-state index in [0.29, 0.717) is 5.56 Å². The molecule has 0 aliphatic heterocycles. The highest BCUT2D eigenvalue weighted by Crippen LogP contribution is 2.14. The summed E-state index contributed by atoms with van der Waals surface area (Å²) in [6.45, 7) is 2.18. The molecule has 5 nitrogen and oxygen atoms in total. The Hall–Kier alpha value is -1.62. The number of aliphatic carboxylic acids is 1. The average molecular weight is 285 g/mol. The monoisotopic (exact) mass is 284 g/mol. The van der Waals surface area contributed by atoms with Crippen LogP contribution in [0.25, 0.3) is 0 Å². The summed E-state index contributed by atoms with van der Waals surface area (Å²) in [7, 11) is 1.57. The van der Waals surface area contributed by atoms with E-state index in [9.17, 15) is 9.59 Å². The van der Waals surface area contributed by atoms with Gasteiger partial charge in [-0.05, 0) is 18.6 Å². The second-order valence-corrected chi connectivity index (χ2v) is 4.68. The van der Waals surface area contributed by atoms with Gasteiger partial charge in [0.2, 0.25) is 0 Å². The number of aromatic nitrogens is 1. The first kappa shape index (κ1) is 15.4. The number of carbonyl (C=O) groups excluding carboxylic acids is 1. The van der Waals surface area contributed by atoms with Crippen molar-refractivity contribution in [1.29, 1.82) is 0 Å². The van der Waals surface area contributed by atoms with E-state index in [4.69, 9.17) is 16.7 Å². The maximum absolute atomic E-state index is 12.1. The highest BCUT2D eigenvalue weighted by atomic mass is 35.5. The first-order valence-corrected chi connectivity index (χ1v) is 6.45. The molecule has 1 rings (SSSR count). The Morgan fingerprint density at radius 2 is 2.11 bits per heavy atom. The van der Waals surface area contributed by atoms with E-state index in [1.807, 2.05) is 6.92 Å². The average Bonchev–Trinajstić information content (AvgIpc) is 2.34. The number of hydrogen-bond donors (Lipinski definition) is 1. The van der Waals surface area contributed by atoms with Crippen LogP contribution in [0.3, 0.4) is 0 Å². The molecule has 0 bridgehead atoms. The topological polar surface area (TPSA) is 70.5 Å². The van der Waals surface area contributed by atoms with Crippen LogP contribution in [0.1, 0.15) is 35.8 Å². The lowest BCUT2D eigenvalue weighted by Crippen LogP contribution is -2.29. The molecule has 1 aromatic heterocycles. The molecule has 1 aromatic rings. The van der Waals surface area contributed by atoms with Crippen LogP contribution in [0.2, 0.25) is 5.15 Å². The smallest absolute Gasteiger partial charge is 0.305 e. The second-order valence-electron chi connectivity index (χ2n) is 4.29. The summed E-state index contributed by atoms with van der Waals surface area (Å²) < 4.78 is 0. The largest absolute Gasteiger partial charge is 0.481 e. The third-order valence-corrected chi connectivity index (χ3v) is 2.80. The van der Waals surface area contributed by atoms with Crippen molar-refractivity contribution >= 4 is 23.5 Å². The molecule has 0 radical (unpaired) electrons. The molecule has 0 unspecified atom stereocenters.